The second-order valence-electron chi connectivity index (χ2n) is 5.36. The highest BCUT2D eigenvalue weighted by atomic mass is 16.5. The molecule has 0 saturated carbocycles. The SMILES string of the molecule is Cc1nc(C(=O)N2CCN(C(=O)C3CCCO3)CC2)n[nH]1. The number of rotatable bonds is 2. The minimum Gasteiger partial charge on any atom is -0.368 e. The van der Waals surface area contributed by atoms with Crippen molar-refractivity contribution in [1.29, 1.82) is 0 Å². The van der Waals surface area contributed by atoms with Crippen molar-refractivity contribution in [2.45, 2.75) is 25.9 Å². The van der Waals surface area contributed by atoms with E-state index in [1.165, 1.54) is 0 Å². The number of hydrogen-bond acceptors (Lipinski definition) is 5. The number of hydrogen-bond donors (Lipinski definition) is 1. The number of piperazine rings is 1. The lowest BCUT2D eigenvalue weighted by Gasteiger charge is -2.35. The maximum Gasteiger partial charge on any atom is 0.293 e. The van der Waals surface area contributed by atoms with Gasteiger partial charge in [-0.1, -0.05) is 0 Å². The Morgan fingerprint density at radius 3 is 2.52 bits per heavy atom. The quantitative estimate of drug-likeness (QED) is 0.799. The second-order valence-corrected chi connectivity index (χ2v) is 5.36. The van der Waals surface area contributed by atoms with Gasteiger partial charge in [0.15, 0.2) is 0 Å². The molecule has 1 aromatic heterocycles. The summed E-state index contributed by atoms with van der Waals surface area (Å²) in [5.74, 6) is 0.661. The number of amides is 2. The van der Waals surface area contributed by atoms with E-state index in [2.05, 4.69) is 15.2 Å². The second kappa shape index (κ2) is 5.80. The molecule has 8 nitrogen and oxygen atoms in total. The summed E-state index contributed by atoms with van der Waals surface area (Å²) < 4.78 is 5.42. The standard InChI is InChI=1S/C13H19N5O3/c1-9-14-11(16-15-9)13(20)18-6-4-17(5-7-18)12(19)10-3-2-8-21-10/h10H,2-8H2,1H3,(H,14,15,16). The van der Waals surface area contributed by atoms with Crippen LogP contribution in [-0.4, -0.2) is 75.7 Å². The van der Waals surface area contributed by atoms with Crippen LogP contribution in [0, 0.1) is 6.92 Å². The minimum absolute atomic E-state index is 0.0494. The zero-order valence-electron chi connectivity index (χ0n) is 12.0. The summed E-state index contributed by atoms with van der Waals surface area (Å²) in [6.45, 7) is 4.50. The predicted octanol–water partition coefficient (Wildman–Crippen LogP) is -0.423. The molecular formula is C13H19N5O3. The molecule has 3 rings (SSSR count). The van der Waals surface area contributed by atoms with E-state index in [-0.39, 0.29) is 23.7 Å². The Bertz CT molecular complexity index is 530. The smallest absolute Gasteiger partial charge is 0.293 e. The molecule has 0 radical (unpaired) electrons. The third-order valence-corrected chi connectivity index (χ3v) is 3.87. The van der Waals surface area contributed by atoms with Crippen molar-refractivity contribution in [3.05, 3.63) is 11.6 Å². The normalized spacial score (nSPS) is 22.6. The summed E-state index contributed by atoms with van der Waals surface area (Å²) in [7, 11) is 0. The largest absolute Gasteiger partial charge is 0.368 e. The van der Waals surface area contributed by atoms with Gasteiger partial charge in [0.05, 0.1) is 0 Å². The van der Waals surface area contributed by atoms with E-state index < -0.39 is 0 Å². The van der Waals surface area contributed by atoms with E-state index in [1.54, 1.807) is 16.7 Å². The molecule has 1 aromatic rings. The Morgan fingerprint density at radius 2 is 1.95 bits per heavy atom. The molecule has 2 aliphatic heterocycles. The van der Waals surface area contributed by atoms with Crippen molar-refractivity contribution >= 4 is 11.8 Å². The van der Waals surface area contributed by atoms with E-state index >= 15 is 0 Å². The van der Waals surface area contributed by atoms with E-state index in [0.717, 1.165) is 12.8 Å². The van der Waals surface area contributed by atoms with Gasteiger partial charge in [0.25, 0.3) is 11.8 Å². The van der Waals surface area contributed by atoms with Gasteiger partial charge in [-0.25, -0.2) is 4.98 Å². The lowest BCUT2D eigenvalue weighted by Crippen LogP contribution is -2.53. The molecule has 0 aliphatic carbocycles. The Balaban J connectivity index is 1.55. The number of aromatic amines is 1. The first-order valence-electron chi connectivity index (χ1n) is 7.24. The Hall–Kier alpha value is -1.96. The van der Waals surface area contributed by atoms with Crippen LogP contribution in [0.5, 0.6) is 0 Å². The van der Waals surface area contributed by atoms with Crippen LogP contribution in [0.1, 0.15) is 29.3 Å². The first-order chi connectivity index (χ1) is 10.1. The molecular weight excluding hydrogens is 274 g/mol. The van der Waals surface area contributed by atoms with Crippen molar-refractivity contribution < 1.29 is 14.3 Å². The van der Waals surface area contributed by atoms with Gasteiger partial charge in [-0.3, -0.25) is 14.7 Å². The van der Waals surface area contributed by atoms with Crippen molar-refractivity contribution in [3.8, 4) is 0 Å². The highest BCUT2D eigenvalue weighted by Gasteiger charge is 2.32. The Labute approximate surface area is 122 Å². The van der Waals surface area contributed by atoms with Crippen molar-refractivity contribution in [3.63, 3.8) is 0 Å². The first kappa shape index (κ1) is 14.0. The fourth-order valence-corrected chi connectivity index (χ4v) is 2.69. The molecule has 0 aromatic carbocycles. The third kappa shape index (κ3) is 2.90. The summed E-state index contributed by atoms with van der Waals surface area (Å²) in [5, 5.41) is 6.54. The molecule has 1 N–H and O–H groups in total. The number of nitrogens with one attached hydrogen (secondary N) is 1. The fourth-order valence-electron chi connectivity index (χ4n) is 2.69. The number of aryl methyl sites for hydroxylation is 1. The van der Waals surface area contributed by atoms with E-state index in [0.29, 0.717) is 38.6 Å². The molecule has 0 spiro atoms. The molecule has 2 aliphatic rings. The molecule has 0 bridgehead atoms. The highest BCUT2D eigenvalue weighted by Crippen LogP contribution is 2.16. The topological polar surface area (TPSA) is 91.4 Å². The van der Waals surface area contributed by atoms with Crippen LogP contribution in [-0.2, 0) is 9.53 Å². The summed E-state index contributed by atoms with van der Waals surface area (Å²) in [6, 6.07) is 0. The van der Waals surface area contributed by atoms with Gasteiger partial charge in [-0.15, -0.1) is 5.10 Å². The van der Waals surface area contributed by atoms with E-state index in [9.17, 15) is 9.59 Å². The van der Waals surface area contributed by atoms with Gasteiger partial charge in [0, 0.05) is 32.8 Å². The number of aromatic nitrogens is 3. The van der Waals surface area contributed by atoms with Crippen LogP contribution in [0.4, 0.5) is 0 Å². The van der Waals surface area contributed by atoms with E-state index in [4.69, 9.17) is 4.74 Å². The molecule has 2 fully saturated rings. The molecule has 3 heterocycles. The van der Waals surface area contributed by atoms with Gasteiger partial charge in [0.1, 0.15) is 11.9 Å². The summed E-state index contributed by atoms with van der Waals surface area (Å²) >= 11 is 0. The van der Waals surface area contributed by atoms with Gasteiger partial charge < -0.3 is 14.5 Å². The molecule has 1 atom stereocenters. The molecule has 21 heavy (non-hydrogen) atoms. The number of ether oxygens (including phenoxy) is 1. The third-order valence-electron chi connectivity index (χ3n) is 3.87. The molecule has 1 unspecified atom stereocenters. The number of carbonyl (C=O) groups is 2. The molecule has 8 heteroatoms. The van der Waals surface area contributed by atoms with Crippen molar-refractivity contribution in [1.82, 2.24) is 25.0 Å². The zero-order valence-corrected chi connectivity index (χ0v) is 12.0. The molecule has 2 saturated heterocycles. The van der Waals surface area contributed by atoms with Crippen molar-refractivity contribution in [2.24, 2.45) is 0 Å². The van der Waals surface area contributed by atoms with Gasteiger partial charge in [-0.2, -0.15) is 0 Å². The monoisotopic (exact) mass is 293 g/mol. The zero-order chi connectivity index (χ0) is 14.8. The van der Waals surface area contributed by atoms with Crippen LogP contribution in [0.15, 0.2) is 0 Å². The lowest BCUT2D eigenvalue weighted by molar-refractivity contribution is -0.142. The van der Waals surface area contributed by atoms with Crippen LogP contribution in [0.2, 0.25) is 0 Å². The maximum atomic E-state index is 12.2. The number of carbonyl (C=O) groups excluding carboxylic acids is 2. The number of H-pyrrole nitrogens is 1. The molecule has 2 amide bonds. The van der Waals surface area contributed by atoms with Crippen LogP contribution in [0.3, 0.4) is 0 Å². The highest BCUT2D eigenvalue weighted by molar-refractivity contribution is 5.90. The average molecular weight is 293 g/mol. The molecule has 114 valence electrons. The average Bonchev–Trinajstić information content (AvgIpc) is 3.17. The summed E-state index contributed by atoms with van der Waals surface area (Å²) in [4.78, 5) is 31.9. The predicted molar refractivity (Wildman–Crippen MR) is 72.6 cm³/mol. The Kier molecular flexibility index (Phi) is 3.87. The van der Waals surface area contributed by atoms with Crippen LogP contribution in [0.25, 0.3) is 0 Å². The fraction of sp³-hybridized carbons (Fsp3) is 0.692. The van der Waals surface area contributed by atoms with Crippen LogP contribution >= 0.6 is 0 Å². The van der Waals surface area contributed by atoms with Gasteiger partial charge in [0.2, 0.25) is 5.82 Å². The van der Waals surface area contributed by atoms with Gasteiger partial charge >= 0.3 is 0 Å². The Morgan fingerprint density at radius 1 is 1.24 bits per heavy atom. The summed E-state index contributed by atoms with van der Waals surface area (Å²) in [6.07, 6.45) is 1.45. The van der Waals surface area contributed by atoms with Crippen LogP contribution < -0.4 is 0 Å². The van der Waals surface area contributed by atoms with Gasteiger partial charge in [-0.05, 0) is 19.8 Å². The van der Waals surface area contributed by atoms with Crippen molar-refractivity contribution in [2.75, 3.05) is 32.8 Å². The number of nitrogens with zero attached hydrogens (tertiary/aromatic N) is 4. The first-order valence-corrected chi connectivity index (χ1v) is 7.24. The summed E-state index contributed by atoms with van der Waals surface area (Å²) in [5.41, 5.74) is 0. The van der Waals surface area contributed by atoms with E-state index in [1.807, 2.05) is 0 Å². The lowest BCUT2D eigenvalue weighted by atomic mass is 10.2. The maximum absolute atomic E-state index is 12.2. The minimum atomic E-state index is -0.289.